The number of hydrogen-bond acceptors (Lipinski definition) is 7. The summed E-state index contributed by atoms with van der Waals surface area (Å²) >= 11 is 6.50. The molecule has 10 nitrogen and oxygen atoms in total. The standard InChI is InChI=1S/C35H31ClF5N7O3/c1-34(2,50)10-8-21-4-5-22(23-6-7-25(36)29-31(23)47(3)46-33(29)42)30(43-21)26(14-18-12-19(37)15-20(38)13-18)44-28(49)16-48-27-17-51-11-9-24(27)32(45-48)35(39,40)41/h4-7,12-13,15,26,50H,9,11,14,16-17H2,1-3H3,(H2,42,46)(H,44,49). The zero-order valence-electron chi connectivity index (χ0n) is 27.5. The fourth-order valence-corrected chi connectivity index (χ4v) is 6.35. The van der Waals surface area contributed by atoms with Gasteiger partial charge in [0.25, 0.3) is 0 Å². The average Bonchev–Trinajstić information content (AvgIpc) is 3.56. The number of benzene rings is 2. The Morgan fingerprint density at radius 1 is 1.12 bits per heavy atom. The summed E-state index contributed by atoms with van der Waals surface area (Å²) in [6, 6.07) is 8.32. The number of aromatic nitrogens is 5. The van der Waals surface area contributed by atoms with Gasteiger partial charge in [-0.25, -0.2) is 13.8 Å². The third-order valence-corrected chi connectivity index (χ3v) is 8.48. The summed E-state index contributed by atoms with van der Waals surface area (Å²) in [4.78, 5) is 18.5. The highest BCUT2D eigenvalue weighted by Crippen LogP contribution is 2.39. The largest absolute Gasteiger partial charge is 0.435 e. The molecule has 0 aliphatic carbocycles. The van der Waals surface area contributed by atoms with E-state index in [9.17, 15) is 31.9 Å². The Labute approximate surface area is 293 Å². The van der Waals surface area contributed by atoms with Crippen LogP contribution in [-0.2, 0) is 48.7 Å². The Hall–Kier alpha value is -5.04. The maximum absolute atomic E-state index is 14.4. The molecule has 6 rings (SSSR count). The van der Waals surface area contributed by atoms with Crippen molar-refractivity contribution in [3.05, 3.63) is 93.0 Å². The van der Waals surface area contributed by atoms with Crippen LogP contribution < -0.4 is 11.1 Å². The molecule has 4 heterocycles. The number of aliphatic hydroxyl groups is 1. The van der Waals surface area contributed by atoms with E-state index >= 15 is 0 Å². The van der Waals surface area contributed by atoms with Crippen LogP contribution in [0, 0.1) is 23.5 Å². The summed E-state index contributed by atoms with van der Waals surface area (Å²) in [6.45, 7) is 2.23. The Morgan fingerprint density at radius 3 is 2.51 bits per heavy atom. The Kier molecular flexibility index (Phi) is 9.53. The van der Waals surface area contributed by atoms with Gasteiger partial charge < -0.3 is 20.9 Å². The van der Waals surface area contributed by atoms with Crippen LogP contribution in [0.4, 0.5) is 27.8 Å². The summed E-state index contributed by atoms with van der Waals surface area (Å²) in [5.74, 6) is 3.16. The van der Waals surface area contributed by atoms with Crippen molar-refractivity contribution in [2.75, 3.05) is 12.3 Å². The zero-order valence-corrected chi connectivity index (χ0v) is 28.3. The molecule has 1 aliphatic heterocycles. The molecule has 2 aromatic carbocycles. The van der Waals surface area contributed by atoms with Gasteiger partial charge in [-0.2, -0.15) is 23.4 Å². The molecule has 5 aromatic rings. The normalized spacial score (nSPS) is 13.8. The van der Waals surface area contributed by atoms with Crippen molar-refractivity contribution in [3.63, 3.8) is 0 Å². The topological polar surface area (TPSA) is 133 Å². The number of aryl methyl sites for hydroxylation is 1. The van der Waals surface area contributed by atoms with Gasteiger partial charge in [-0.3, -0.25) is 14.2 Å². The number of anilines is 1. The van der Waals surface area contributed by atoms with Gasteiger partial charge in [-0.15, -0.1) is 0 Å². The van der Waals surface area contributed by atoms with Crippen molar-refractivity contribution in [2.24, 2.45) is 7.05 Å². The molecule has 16 heteroatoms. The number of pyridine rings is 1. The van der Waals surface area contributed by atoms with Gasteiger partial charge in [0, 0.05) is 29.8 Å². The number of carbonyl (C=O) groups excluding carboxylic acids is 1. The van der Waals surface area contributed by atoms with Crippen molar-refractivity contribution < 1.29 is 36.6 Å². The lowest BCUT2D eigenvalue weighted by Gasteiger charge is -2.23. The third kappa shape index (κ3) is 7.68. The molecular formula is C35H31ClF5N7O3. The van der Waals surface area contributed by atoms with Crippen LogP contribution in [0.1, 0.15) is 53.8 Å². The predicted octanol–water partition coefficient (Wildman–Crippen LogP) is 5.66. The summed E-state index contributed by atoms with van der Waals surface area (Å²) in [6.07, 6.45) is -4.99. The minimum absolute atomic E-state index is 0.0284. The van der Waals surface area contributed by atoms with E-state index in [1.807, 2.05) is 0 Å². The van der Waals surface area contributed by atoms with Crippen molar-refractivity contribution >= 4 is 34.2 Å². The first-order valence-electron chi connectivity index (χ1n) is 15.6. The minimum atomic E-state index is -4.75. The number of carbonyl (C=O) groups is 1. The molecule has 1 amide bonds. The number of nitrogen functional groups attached to an aromatic ring is 1. The summed E-state index contributed by atoms with van der Waals surface area (Å²) in [5, 5.41) is 21.9. The first-order valence-corrected chi connectivity index (χ1v) is 16.0. The molecule has 0 saturated heterocycles. The maximum atomic E-state index is 14.4. The number of fused-ring (bicyclic) bond motifs is 2. The molecule has 0 radical (unpaired) electrons. The SMILES string of the molecule is Cn1nc(N)c2c(Cl)ccc(-c3ccc(C#CC(C)(C)O)nc3C(Cc3cc(F)cc(F)c3)NC(=O)Cn3nc(C(F)(F)F)c4c3COCC4)c21. The molecule has 0 saturated carbocycles. The molecule has 51 heavy (non-hydrogen) atoms. The van der Waals surface area contributed by atoms with Gasteiger partial charge in [-0.05, 0) is 68.5 Å². The number of halogens is 6. The third-order valence-electron chi connectivity index (χ3n) is 8.17. The first kappa shape index (κ1) is 35.8. The molecule has 1 atom stereocenters. The van der Waals surface area contributed by atoms with Crippen LogP contribution in [-0.4, -0.2) is 47.8 Å². The summed E-state index contributed by atoms with van der Waals surface area (Å²) in [7, 11) is 1.66. The van der Waals surface area contributed by atoms with Gasteiger partial charge in [0.15, 0.2) is 11.5 Å². The number of nitrogens with two attached hydrogens (primary N) is 1. The van der Waals surface area contributed by atoms with E-state index in [4.69, 9.17) is 27.1 Å². The molecule has 3 aromatic heterocycles. The van der Waals surface area contributed by atoms with Gasteiger partial charge in [0.1, 0.15) is 29.5 Å². The van der Waals surface area contributed by atoms with E-state index in [0.717, 1.165) is 16.8 Å². The summed E-state index contributed by atoms with van der Waals surface area (Å²) in [5.41, 5.74) is 5.77. The second-order valence-electron chi connectivity index (χ2n) is 12.6. The van der Waals surface area contributed by atoms with E-state index in [0.29, 0.717) is 33.1 Å². The number of nitrogens with zero attached hydrogens (tertiary/aromatic N) is 5. The molecule has 4 N–H and O–H groups in total. The van der Waals surface area contributed by atoms with Gasteiger partial charge in [0.05, 0.1) is 46.6 Å². The molecule has 0 spiro atoms. The quantitative estimate of drug-likeness (QED) is 0.146. The number of amides is 1. The van der Waals surface area contributed by atoms with E-state index in [-0.39, 0.29) is 60.1 Å². The molecule has 0 bridgehead atoms. The number of ether oxygens (including phenoxy) is 1. The Bertz CT molecular complexity index is 2210. The second-order valence-corrected chi connectivity index (χ2v) is 13.0. The maximum Gasteiger partial charge on any atom is 0.435 e. The van der Waals surface area contributed by atoms with Crippen molar-refractivity contribution in [1.29, 1.82) is 0 Å². The molecular weight excluding hydrogens is 697 g/mol. The van der Waals surface area contributed by atoms with Crippen molar-refractivity contribution in [3.8, 4) is 23.0 Å². The highest BCUT2D eigenvalue weighted by atomic mass is 35.5. The monoisotopic (exact) mass is 727 g/mol. The van der Waals surface area contributed by atoms with Gasteiger partial charge in [-0.1, -0.05) is 23.6 Å². The van der Waals surface area contributed by atoms with Gasteiger partial charge >= 0.3 is 6.18 Å². The number of alkyl halides is 3. The van der Waals surface area contributed by atoms with Crippen LogP contribution in [0.5, 0.6) is 0 Å². The van der Waals surface area contributed by atoms with Crippen LogP contribution in [0.25, 0.3) is 22.0 Å². The lowest BCUT2D eigenvalue weighted by Crippen LogP contribution is -2.34. The number of hydrogen-bond donors (Lipinski definition) is 3. The highest BCUT2D eigenvalue weighted by Gasteiger charge is 2.40. The van der Waals surface area contributed by atoms with Crippen LogP contribution >= 0.6 is 11.6 Å². The van der Waals surface area contributed by atoms with Crippen molar-refractivity contribution in [2.45, 2.75) is 57.7 Å². The fraction of sp³-hybridized carbons (Fsp3) is 0.314. The lowest BCUT2D eigenvalue weighted by molar-refractivity contribution is -0.142. The molecule has 1 unspecified atom stereocenters. The fourth-order valence-electron chi connectivity index (χ4n) is 6.10. The minimum Gasteiger partial charge on any atom is -0.382 e. The predicted molar refractivity (Wildman–Crippen MR) is 178 cm³/mol. The highest BCUT2D eigenvalue weighted by molar-refractivity contribution is 6.37. The Balaban J connectivity index is 1.50. The van der Waals surface area contributed by atoms with E-state index in [2.05, 4.69) is 27.4 Å². The lowest BCUT2D eigenvalue weighted by atomic mass is 9.93. The Morgan fingerprint density at radius 2 is 1.82 bits per heavy atom. The van der Waals surface area contributed by atoms with Crippen molar-refractivity contribution in [1.82, 2.24) is 29.9 Å². The van der Waals surface area contributed by atoms with Gasteiger partial charge in [0.2, 0.25) is 5.91 Å². The van der Waals surface area contributed by atoms with E-state index in [1.165, 1.54) is 18.5 Å². The number of nitrogens with one attached hydrogen (secondary N) is 1. The van der Waals surface area contributed by atoms with E-state index < -0.39 is 47.6 Å². The zero-order chi connectivity index (χ0) is 36.8. The van der Waals surface area contributed by atoms with Crippen LogP contribution in [0.15, 0.2) is 42.5 Å². The smallest absolute Gasteiger partial charge is 0.382 e. The van der Waals surface area contributed by atoms with E-state index in [1.54, 1.807) is 31.3 Å². The molecule has 1 aliphatic rings. The van der Waals surface area contributed by atoms with Crippen LogP contribution in [0.2, 0.25) is 5.02 Å². The molecule has 266 valence electrons. The second kappa shape index (κ2) is 13.6. The summed E-state index contributed by atoms with van der Waals surface area (Å²) < 4.78 is 78.3. The van der Waals surface area contributed by atoms with Crippen LogP contribution in [0.3, 0.4) is 0 Å². The molecule has 0 fully saturated rings. The first-order chi connectivity index (χ1) is 24.0. The average molecular weight is 728 g/mol. The number of rotatable bonds is 7.